The van der Waals surface area contributed by atoms with Gasteiger partial charge in [-0.25, -0.2) is 13.1 Å². The maximum Gasteiger partial charge on any atom is 0.408 e. The molecular formula is C42H48F3N5O6S. The molecule has 5 heterocycles. The van der Waals surface area contributed by atoms with Crippen LogP contribution in [0, 0.1) is 0 Å². The highest BCUT2D eigenvalue weighted by Crippen LogP contribution is 2.49. The number of ether oxygens (including phenoxy) is 1. The summed E-state index contributed by atoms with van der Waals surface area (Å²) in [5.41, 5.74) is 3.64. The number of aromatic nitrogens is 3. The third kappa shape index (κ3) is 7.26. The molecule has 2 bridgehead atoms. The van der Waals surface area contributed by atoms with E-state index < -0.39 is 45.4 Å². The number of halogens is 3. The normalized spacial score (nSPS) is 22.6. The van der Waals surface area contributed by atoms with Crippen molar-refractivity contribution in [3.63, 3.8) is 0 Å². The number of piperidine rings is 1. The molecule has 1 unspecified atom stereocenters. The predicted molar refractivity (Wildman–Crippen MR) is 210 cm³/mol. The van der Waals surface area contributed by atoms with Crippen LogP contribution in [0.4, 0.5) is 13.2 Å². The standard InChI is InChI=1S/C42H48F3N5O6S/c1-24(2)57(54,55)47-39(51)26-10-14-33-35(18-26)48-22-28(16-27-17-31(56-4)13-15-32(27)38(48)36(33)25-8-6-5-7-9-25)37-34(21-46-49(37)23-42(43,44)45)40(52)50-29-11-12-30(50)20-41(3,53)19-29/h10,13-18,21,24-25,29-30,53H,5-9,11-12,19-20,22-23H2,1-4H3,(H,47,51)/t29-,30+,41?. The van der Waals surface area contributed by atoms with Crippen molar-refractivity contribution in [3.8, 4) is 17.0 Å². The minimum Gasteiger partial charge on any atom is -0.497 e. The topological polar surface area (TPSA) is 136 Å². The second-order valence-corrected chi connectivity index (χ2v) is 19.0. The highest BCUT2D eigenvalue weighted by Gasteiger charge is 2.48. The maximum absolute atomic E-state index is 14.7. The van der Waals surface area contributed by atoms with Gasteiger partial charge in [0.05, 0.1) is 47.7 Å². The quantitative estimate of drug-likeness (QED) is 0.187. The molecule has 11 nitrogen and oxygen atoms in total. The Labute approximate surface area is 329 Å². The number of aliphatic hydroxyl groups is 1. The van der Waals surface area contributed by atoms with E-state index in [-0.39, 0.29) is 41.4 Å². The minimum absolute atomic E-state index is 0.0102. The fourth-order valence-electron chi connectivity index (χ4n) is 9.73. The zero-order valence-corrected chi connectivity index (χ0v) is 33.3. The summed E-state index contributed by atoms with van der Waals surface area (Å²) in [7, 11) is -2.41. The molecule has 304 valence electrons. The largest absolute Gasteiger partial charge is 0.497 e. The number of alkyl halides is 3. The summed E-state index contributed by atoms with van der Waals surface area (Å²) in [5, 5.41) is 15.2. The van der Waals surface area contributed by atoms with Gasteiger partial charge in [0.15, 0.2) is 0 Å². The number of allylic oxidation sites excluding steroid dienone is 1. The molecule has 8 rings (SSSR count). The number of fused-ring (bicyclic) bond motifs is 7. The van der Waals surface area contributed by atoms with Crippen LogP contribution in [0.5, 0.6) is 5.75 Å². The molecule has 2 N–H and O–H groups in total. The lowest BCUT2D eigenvalue weighted by Crippen LogP contribution is -2.52. The van der Waals surface area contributed by atoms with E-state index in [1.54, 1.807) is 31.1 Å². The minimum atomic E-state index is -4.66. The molecule has 1 saturated carbocycles. The van der Waals surface area contributed by atoms with Gasteiger partial charge in [0.2, 0.25) is 10.0 Å². The zero-order valence-electron chi connectivity index (χ0n) is 32.5. The van der Waals surface area contributed by atoms with E-state index in [0.717, 1.165) is 59.0 Å². The molecule has 1 aliphatic carbocycles. The molecular weight excluding hydrogens is 760 g/mol. The number of rotatable bonds is 8. The Balaban J connectivity index is 1.35. The number of carbonyl (C=O) groups excluding carboxylic acids is 2. The zero-order chi connectivity index (χ0) is 40.6. The third-order valence-electron chi connectivity index (χ3n) is 12.3. The van der Waals surface area contributed by atoms with Crippen molar-refractivity contribution in [3.05, 3.63) is 70.5 Å². The molecule has 2 aromatic heterocycles. The Kier molecular flexibility index (Phi) is 9.86. The second kappa shape index (κ2) is 14.3. The van der Waals surface area contributed by atoms with Crippen molar-refractivity contribution in [2.45, 2.75) is 127 Å². The molecule has 2 aromatic carbocycles. The molecule has 15 heteroatoms. The lowest BCUT2D eigenvalue weighted by molar-refractivity contribution is -0.142. The summed E-state index contributed by atoms with van der Waals surface area (Å²) >= 11 is 0. The summed E-state index contributed by atoms with van der Waals surface area (Å²) in [5.74, 6) is -0.533. The molecule has 4 aromatic rings. The van der Waals surface area contributed by atoms with Crippen LogP contribution in [0.25, 0.3) is 33.8 Å². The van der Waals surface area contributed by atoms with Crippen LogP contribution in [0.3, 0.4) is 0 Å². The van der Waals surface area contributed by atoms with Gasteiger partial charge in [0, 0.05) is 34.1 Å². The van der Waals surface area contributed by atoms with Crippen LogP contribution >= 0.6 is 0 Å². The first kappa shape index (κ1) is 39.2. The van der Waals surface area contributed by atoms with Crippen LogP contribution in [0.2, 0.25) is 0 Å². The summed E-state index contributed by atoms with van der Waals surface area (Å²) in [6.45, 7) is 3.29. The molecule has 3 atom stereocenters. The molecule has 4 aliphatic rings. The number of nitrogens with one attached hydrogen (secondary N) is 1. The molecule has 0 spiro atoms. The number of methoxy groups -OCH3 is 1. The number of nitrogens with zero attached hydrogens (tertiary/aromatic N) is 4. The first-order valence-corrected chi connectivity index (χ1v) is 21.3. The summed E-state index contributed by atoms with van der Waals surface area (Å²) < 4.78 is 79.2. The number of benzene rings is 2. The van der Waals surface area contributed by atoms with Gasteiger partial charge in [-0.15, -0.1) is 0 Å². The van der Waals surface area contributed by atoms with Gasteiger partial charge in [0.1, 0.15) is 12.3 Å². The molecule has 2 saturated heterocycles. The predicted octanol–water partition coefficient (Wildman–Crippen LogP) is 7.66. The van der Waals surface area contributed by atoms with E-state index in [9.17, 15) is 36.3 Å². The van der Waals surface area contributed by atoms with E-state index in [2.05, 4.69) is 9.82 Å². The van der Waals surface area contributed by atoms with Crippen LogP contribution in [0.15, 0.2) is 42.6 Å². The van der Waals surface area contributed by atoms with Crippen LogP contribution in [-0.4, -0.2) is 80.8 Å². The summed E-state index contributed by atoms with van der Waals surface area (Å²) in [6.07, 6.45) is 5.50. The van der Waals surface area contributed by atoms with Crippen molar-refractivity contribution >= 4 is 44.4 Å². The molecule has 3 aliphatic heterocycles. The van der Waals surface area contributed by atoms with Crippen LogP contribution in [-0.2, 0) is 23.1 Å². The van der Waals surface area contributed by atoms with Crippen molar-refractivity contribution < 1.29 is 41.0 Å². The van der Waals surface area contributed by atoms with Gasteiger partial charge in [0.25, 0.3) is 11.8 Å². The highest BCUT2D eigenvalue weighted by molar-refractivity contribution is 7.90. The van der Waals surface area contributed by atoms with Gasteiger partial charge in [-0.2, -0.15) is 18.3 Å². The van der Waals surface area contributed by atoms with Crippen molar-refractivity contribution in [2.75, 3.05) is 7.11 Å². The lowest BCUT2D eigenvalue weighted by atomic mass is 9.81. The van der Waals surface area contributed by atoms with Gasteiger partial charge >= 0.3 is 6.18 Å². The monoisotopic (exact) mass is 807 g/mol. The number of sulfonamides is 1. The third-order valence-corrected chi connectivity index (χ3v) is 14.0. The number of carbonyl (C=O) groups is 2. The molecule has 0 radical (unpaired) electrons. The smallest absolute Gasteiger partial charge is 0.408 e. The van der Waals surface area contributed by atoms with Crippen LogP contribution < -0.4 is 9.46 Å². The van der Waals surface area contributed by atoms with Gasteiger partial charge in [-0.3, -0.25) is 14.3 Å². The molecule has 3 fully saturated rings. The van der Waals surface area contributed by atoms with Crippen molar-refractivity contribution in [2.24, 2.45) is 0 Å². The fourth-order valence-corrected chi connectivity index (χ4v) is 10.3. The average molecular weight is 808 g/mol. The fraction of sp³-hybridized carbons (Fsp3) is 0.500. The van der Waals surface area contributed by atoms with E-state index in [0.29, 0.717) is 48.1 Å². The van der Waals surface area contributed by atoms with E-state index in [1.807, 2.05) is 34.9 Å². The lowest BCUT2D eigenvalue weighted by Gasteiger charge is -2.42. The summed E-state index contributed by atoms with van der Waals surface area (Å²) in [4.78, 5) is 29.9. The van der Waals surface area contributed by atoms with Crippen LogP contribution in [0.1, 0.15) is 122 Å². The maximum atomic E-state index is 14.7. The Bertz CT molecular complexity index is 2390. The van der Waals surface area contributed by atoms with Gasteiger partial charge < -0.3 is 19.3 Å². The van der Waals surface area contributed by atoms with E-state index >= 15 is 0 Å². The van der Waals surface area contributed by atoms with Crippen molar-refractivity contribution in [1.29, 1.82) is 0 Å². The van der Waals surface area contributed by atoms with Gasteiger partial charge in [-0.05, 0) is 118 Å². The van der Waals surface area contributed by atoms with Crippen molar-refractivity contribution in [1.82, 2.24) is 24.0 Å². The Morgan fingerprint density at radius 2 is 1.72 bits per heavy atom. The van der Waals surface area contributed by atoms with E-state index in [4.69, 9.17) is 4.74 Å². The number of hydrogen-bond donors (Lipinski definition) is 2. The van der Waals surface area contributed by atoms with E-state index in [1.165, 1.54) is 20.0 Å². The Morgan fingerprint density at radius 1 is 1.02 bits per heavy atom. The summed E-state index contributed by atoms with van der Waals surface area (Å²) in [6, 6.07) is 10.2. The first-order valence-electron chi connectivity index (χ1n) is 19.7. The number of hydrogen-bond acceptors (Lipinski definition) is 7. The molecule has 57 heavy (non-hydrogen) atoms. The van der Waals surface area contributed by atoms with Gasteiger partial charge in [-0.1, -0.05) is 25.3 Å². The Hall–Kier alpha value is -4.63. The second-order valence-electron chi connectivity index (χ2n) is 16.7. The number of amides is 2. The molecule has 2 amide bonds. The first-order chi connectivity index (χ1) is 26.9. The average Bonchev–Trinajstić information content (AvgIpc) is 3.75. The Morgan fingerprint density at radius 3 is 2.37 bits per heavy atom. The SMILES string of the molecule is COc1ccc2c(c1)C=C(c1c(C(=O)N3[C@@H]4CC[C@H]3CC(C)(O)C4)cnn1CC(F)(F)F)Cn1c-2c(C2CCCCC2)c2ccc(C(=O)NS(=O)(=O)C(C)C)cc21. The highest BCUT2D eigenvalue weighted by atomic mass is 32.2.